The molecule has 0 radical (unpaired) electrons. The lowest BCUT2D eigenvalue weighted by Gasteiger charge is -1.88. The molecule has 0 saturated heterocycles. The Morgan fingerprint density at radius 3 is 2.81 bits per heavy atom. The van der Waals surface area contributed by atoms with E-state index in [4.69, 9.17) is 4.42 Å². The Kier molecular flexibility index (Phi) is 3.57. The molecule has 1 heterocycles. The third-order valence-electron chi connectivity index (χ3n) is 1.96. The lowest BCUT2D eigenvalue weighted by molar-refractivity contribution is 0.566. The molecule has 2 rings (SSSR count). The number of hydrogen-bond donors (Lipinski definition) is 0. The van der Waals surface area contributed by atoms with Crippen LogP contribution in [0.4, 0.5) is 0 Å². The maximum atomic E-state index is 4.90. The van der Waals surface area contributed by atoms with Crippen LogP contribution in [0.25, 0.3) is 0 Å². The lowest BCUT2D eigenvalue weighted by atomic mass is 10.2. The first-order valence-corrected chi connectivity index (χ1v) is 5.01. The summed E-state index contributed by atoms with van der Waals surface area (Å²) >= 11 is 0. The average molecular weight is 209 g/mol. The Labute approximate surface area is 94.6 Å². The number of benzene rings is 1. The summed E-state index contributed by atoms with van der Waals surface area (Å²) in [5.41, 5.74) is 1.97. The topological polar surface area (TPSA) is 25.5 Å². The van der Waals surface area contributed by atoms with Crippen LogP contribution in [0.2, 0.25) is 0 Å². The highest BCUT2D eigenvalue weighted by Crippen LogP contribution is 1.96. The van der Waals surface area contributed by atoms with Crippen LogP contribution in [0.1, 0.15) is 11.1 Å². The third-order valence-corrected chi connectivity index (χ3v) is 1.96. The average Bonchev–Trinajstić information content (AvgIpc) is 2.83. The number of nitrogens with zero attached hydrogens (tertiary/aromatic N) is 1. The van der Waals surface area contributed by atoms with Crippen molar-refractivity contribution in [3.63, 3.8) is 0 Å². The van der Waals surface area contributed by atoms with Gasteiger partial charge in [-0.05, 0) is 11.6 Å². The molecule has 78 valence electrons. The van der Waals surface area contributed by atoms with Gasteiger partial charge >= 0.3 is 0 Å². The van der Waals surface area contributed by atoms with E-state index < -0.39 is 0 Å². The van der Waals surface area contributed by atoms with Crippen molar-refractivity contribution in [2.24, 2.45) is 4.99 Å². The van der Waals surface area contributed by atoms with E-state index in [2.05, 4.69) is 16.8 Å². The van der Waals surface area contributed by atoms with Crippen molar-refractivity contribution in [1.29, 1.82) is 0 Å². The van der Waals surface area contributed by atoms with E-state index in [1.807, 2.05) is 42.6 Å². The zero-order valence-corrected chi connectivity index (χ0v) is 8.76. The Balaban J connectivity index is 1.87. The molecule has 0 aliphatic rings. The first-order valence-electron chi connectivity index (χ1n) is 5.01. The Morgan fingerprint density at radius 2 is 2.06 bits per heavy atom. The van der Waals surface area contributed by atoms with Crippen LogP contribution in [0.15, 0.2) is 58.3 Å². The van der Waals surface area contributed by atoms with Gasteiger partial charge in [0, 0.05) is 6.21 Å². The van der Waals surface area contributed by atoms with E-state index in [0.717, 1.165) is 11.1 Å². The standard InChI is InChI=1S/C14H11NO/c1-2-5-13(6-3-1)11-15-9-4-7-14-8-10-16-12-14/h1-3,5-6,8,10-12H,9H2. The van der Waals surface area contributed by atoms with Crippen molar-refractivity contribution in [3.8, 4) is 11.8 Å². The number of rotatable bonds is 2. The zero-order valence-electron chi connectivity index (χ0n) is 8.76. The molecule has 2 aromatic rings. The molecule has 0 saturated carbocycles. The first kappa shape index (κ1) is 10.3. The van der Waals surface area contributed by atoms with Gasteiger partial charge in [-0.25, -0.2) is 0 Å². The first-order chi connectivity index (χ1) is 7.95. The van der Waals surface area contributed by atoms with Gasteiger partial charge in [-0.15, -0.1) is 0 Å². The molecular weight excluding hydrogens is 198 g/mol. The van der Waals surface area contributed by atoms with Crippen molar-refractivity contribution >= 4 is 6.21 Å². The van der Waals surface area contributed by atoms with E-state index in [-0.39, 0.29) is 0 Å². The summed E-state index contributed by atoms with van der Waals surface area (Å²) < 4.78 is 4.90. The van der Waals surface area contributed by atoms with Crippen LogP contribution in [-0.2, 0) is 0 Å². The molecule has 0 amide bonds. The minimum absolute atomic E-state index is 0.500. The molecule has 2 nitrogen and oxygen atoms in total. The van der Waals surface area contributed by atoms with E-state index >= 15 is 0 Å². The third kappa shape index (κ3) is 3.14. The summed E-state index contributed by atoms with van der Waals surface area (Å²) in [6.07, 6.45) is 5.05. The van der Waals surface area contributed by atoms with Gasteiger partial charge in [0.25, 0.3) is 0 Å². The molecule has 0 spiro atoms. The van der Waals surface area contributed by atoms with Gasteiger partial charge < -0.3 is 4.42 Å². The second kappa shape index (κ2) is 5.57. The molecule has 0 N–H and O–H groups in total. The molecule has 0 aliphatic carbocycles. The van der Waals surface area contributed by atoms with Crippen LogP contribution in [0.3, 0.4) is 0 Å². The fourth-order valence-electron chi connectivity index (χ4n) is 1.21. The molecule has 2 heteroatoms. The van der Waals surface area contributed by atoms with Crippen LogP contribution in [0.5, 0.6) is 0 Å². The molecule has 0 aliphatic heterocycles. The van der Waals surface area contributed by atoms with Crippen molar-refractivity contribution < 1.29 is 4.42 Å². The smallest absolute Gasteiger partial charge is 0.106 e. The predicted octanol–water partition coefficient (Wildman–Crippen LogP) is 2.75. The number of furan rings is 1. The fourth-order valence-corrected chi connectivity index (χ4v) is 1.21. The largest absolute Gasteiger partial charge is 0.471 e. The van der Waals surface area contributed by atoms with Crippen LogP contribution in [0, 0.1) is 11.8 Å². The van der Waals surface area contributed by atoms with Crippen molar-refractivity contribution in [1.82, 2.24) is 0 Å². The van der Waals surface area contributed by atoms with Gasteiger partial charge in [-0.2, -0.15) is 0 Å². The van der Waals surface area contributed by atoms with E-state index in [0.29, 0.717) is 6.54 Å². The molecular formula is C14H11NO. The summed E-state index contributed by atoms with van der Waals surface area (Å²) in [6.45, 7) is 0.500. The van der Waals surface area contributed by atoms with E-state index in [1.54, 1.807) is 12.5 Å². The summed E-state index contributed by atoms with van der Waals surface area (Å²) in [6, 6.07) is 11.8. The summed E-state index contributed by atoms with van der Waals surface area (Å²) in [7, 11) is 0. The van der Waals surface area contributed by atoms with Crippen molar-refractivity contribution in [2.45, 2.75) is 0 Å². The molecule has 0 fully saturated rings. The maximum absolute atomic E-state index is 4.90. The maximum Gasteiger partial charge on any atom is 0.106 e. The SMILES string of the molecule is C(#Cc1ccoc1)CN=Cc1ccccc1. The lowest BCUT2D eigenvalue weighted by Crippen LogP contribution is -1.81. The Bertz CT molecular complexity index is 501. The van der Waals surface area contributed by atoms with Gasteiger partial charge in [-0.1, -0.05) is 42.2 Å². The fraction of sp³-hybridized carbons (Fsp3) is 0.0714. The number of aliphatic imine (C=N–C) groups is 1. The molecule has 0 unspecified atom stereocenters. The Hall–Kier alpha value is -2.27. The van der Waals surface area contributed by atoms with E-state index in [9.17, 15) is 0 Å². The van der Waals surface area contributed by atoms with E-state index in [1.165, 1.54) is 0 Å². The van der Waals surface area contributed by atoms with Crippen molar-refractivity contribution in [3.05, 3.63) is 60.1 Å². The second-order valence-corrected chi connectivity index (χ2v) is 3.19. The minimum atomic E-state index is 0.500. The van der Waals surface area contributed by atoms with Gasteiger partial charge in [0.15, 0.2) is 0 Å². The molecule has 16 heavy (non-hydrogen) atoms. The minimum Gasteiger partial charge on any atom is -0.471 e. The molecule has 0 atom stereocenters. The monoisotopic (exact) mass is 209 g/mol. The van der Waals surface area contributed by atoms with Gasteiger partial charge in [0.05, 0.1) is 11.8 Å². The second-order valence-electron chi connectivity index (χ2n) is 3.19. The molecule has 1 aromatic carbocycles. The quantitative estimate of drug-likeness (QED) is 0.551. The Morgan fingerprint density at radius 1 is 1.19 bits per heavy atom. The summed E-state index contributed by atoms with van der Waals surface area (Å²) in [5, 5.41) is 0. The van der Waals surface area contributed by atoms with Gasteiger partial charge in [0.1, 0.15) is 12.8 Å². The van der Waals surface area contributed by atoms with Gasteiger partial charge in [-0.3, -0.25) is 4.99 Å². The van der Waals surface area contributed by atoms with Crippen LogP contribution in [-0.4, -0.2) is 12.8 Å². The van der Waals surface area contributed by atoms with Crippen molar-refractivity contribution in [2.75, 3.05) is 6.54 Å². The number of hydrogen-bond acceptors (Lipinski definition) is 2. The normalized spacial score (nSPS) is 10.0. The molecule has 0 bridgehead atoms. The highest BCUT2D eigenvalue weighted by Gasteiger charge is 1.84. The molecule has 1 aromatic heterocycles. The van der Waals surface area contributed by atoms with Crippen LogP contribution >= 0.6 is 0 Å². The summed E-state index contributed by atoms with van der Waals surface area (Å²) in [5.74, 6) is 5.90. The predicted molar refractivity (Wildman–Crippen MR) is 64.5 cm³/mol. The van der Waals surface area contributed by atoms with Gasteiger partial charge in [0.2, 0.25) is 0 Å². The zero-order chi connectivity index (χ0) is 11.1. The summed E-state index contributed by atoms with van der Waals surface area (Å²) in [4.78, 5) is 4.21. The van der Waals surface area contributed by atoms with Crippen LogP contribution < -0.4 is 0 Å². The highest BCUT2D eigenvalue weighted by molar-refractivity contribution is 5.79. The highest BCUT2D eigenvalue weighted by atomic mass is 16.3.